The molecule has 14 unspecified atom stereocenters. The Hall–Kier alpha value is -0.570. The SMILES string of the molecule is CC(C)CC(O)C(O)C(C)C1CC(=O)C2C3C(O)C(O)C4C(O)C(O)CCC4(C)C3CCC12C. The summed E-state index contributed by atoms with van der Waals surface area (Å²) < 4.78 is 0. The fraction of sp³-hybridized carbons (Fsp3) is 0.963. The Labute approximate surface area is 203 Å². The van der Waals surface area contributed by atoms with Crippen LogP contribution in [-0.4, -0.2) is 73.0 Å². The molecule has 0 spiro atoms. The topological polar surface area (TPSA) is 138 Å². The smallest absolute Gasteiger partial charge is 0.137 e. The van der Waals surface area contributed by atoms with E-state index >= 15 is 0 Å². The highest BCUT2D eigenvalue weighted by atomic mass is 16.3. The van der Waals surface area contributed by atoms with E-state index in [1.807, 2.05) is 27.7 Å². The minimum Gasteiger partial charge on any atom is -0.390 e. The zero-order valence-corrected chi connectivity index (χ0v) is 21.3. The van der Waals surface area contributed by atoms with Gasteiger partial charge in [-0.2, -0.15) is 0 Å². The van der Waals surface area contributed by atoms with Crippen LogP contribution in [0.15, 0.2) is 0 Å². The maximum Gasteiger partial charge on any atom is 0.137 e. The second-order valence-corrected chi connectivity index (χ2v) is 13.1. The molecule has 196 valence electrons. The zero-order valence-electron chi connectivity index (χ0n) is 21.3. The summed E-state index contributed by atoms with van der Waals surface area (Å²) in [5.74, 6) is -1.58. The summed E-state index contributed by atoms with van der Waals surface area (Å²) in [6.45, 7) is 10.1. The largest absolute Gasteiger partial charge is 0.390 e. The summed E-state index contributed by atoms with van der Waals surface area (Å²) >= 11 is 0. The van der Waals surface area contributed by atoms with Gasteiger partial charge in [-0.25, -0.2) is 0 Å². The van der Waals surface area contributed by atoms with Gasteiger partial charge in [-0.1, -0.05) is 34.6 Å². The lowest BCUT2D eigenvalue weighted by atomic mass is 9.42. The number of hydrogen-bond acceptors (Lipinski definition) is 7. The molecule has 6 N–H and O–H groups in total. The maximum atomic E-state index is 13.6. The van der Waals surface area contributed by atoms with Gasteiger partial charge in [0.25, 0.3) is 0 Å². The van der Waals surface area contributed by atoms with Gasteiger partial charge in [-0.05, 0) is 66.6 Å². The van der Waals surface area contributed by atoms with Gasteiger partial charge in [0.15, 0.2) is 0 Å². The molecule has 0 aromatic rings. The van der Waals surface area contributed by atoms with Crippen LogP contribution in [0.25, 0.3) is 0 Å². The van der Waals surface area contributed by atoms with Crippen LogP contribution in [-0.2, 0) is 4.79 Å². The molecule has 34 heavy (non-hydrogen) atoms. The molecule has 4 aliphatic carbocycles. The maximum absolute atomic E-state index is 13.6. The number of carbonyl (C=O) groups is 1. The quantitative estimate of drug-likeness (QED) is 0.349. The highest BCUT2D eigenvalue weighted by Crippen LogP contribution is 2.67. The van der Waals surface area contributed by atoms with Crippen LogP contribution in [0.2, 0.25) is 0 Å². The van der Waals surface area contributed by atoms with E-state index in [0.717, 1.165) is 12.8 Å². The lowest BCUT2D eigenvalue weighted by Gasteiger charge is -2.64. The molecule has 0 aromatic heterocycles. The molecule has 4 aliphatic rings. The van der Waals surface area contributed by atoms with Gasteiger partial charge in [0.1, 0.15) is 5.78 Å². The van der Waals surface area contributed by atoms with Gasteiger partial charge < -0.3 is 30.6 Å². The van der Waals surface area contributed by atoms with Crippen LogP contribution >= 0.6 is 0 Å². The third-order valence-electron chi connectivity index (χ3n) is 10.9. The molecule has 0 bridgehead atoms. The number of fused-ring (bicyclic) bond motifs is 5. The molecule has 4 saturated carbocycles. The third kappa shape index (κ3) is 3.81. The van der Waals surface area contributed by atoms with Crippen molar-refractivity contribution in [2.24, 2.45) is 52.3 Å². The Kier molecular flexibility index (Phi) is 7.07. The number of ketones is 1. The minimum absolute atomic E-state index is 0.0365. The van der Waals surface area contributed by atoms with Gasteiger partial charge in [0.2, 0.25) is 0 Å². The van der Waals surface area contributed by atoms with Crippen LogP contribution in [0.5, 0.6) is 0 Å². The number of carbonyl (C=O) groups excluding carboxylic acids is 1. The number of aliphatic hydroxyl groups is 6. The third-order valence-corrected chi connectivity index (χ3v) is 10.9. The van der Waals surface area contributed by atoms with E-state index in [4.69, 9.17) is 0 Å². The fourth-order valence-corrected chi connectivity index (χ4v) is 9.15. The predicted molar refractivity (Wildman–Crippen MR) is 126 cm³/mol. The molecule has 14 atom stereocenters. The number of rotatable bonds is 5. The summed E-state index contributed by atoms with van der Waals surface area (Å²) in [5, 5.41) is 65.1. The first-order chi connectivity index (χ1) is 15.8. The first-order valence-corrected chi connectivity index (χ1v) is 13.4. The Balaban J connectivity index is 1.64. The molecule has 0 amide bonds. The molecule has 7 heteroatoms. The first-order valence-electron chi connectivity index (χ1n) is 13.4. The van der Waals surface area contributed by atoms with Crippen molar-refractivity contribution in [1.82, 2.24) is 0 Å². The van der Waals surface area contributed by atoms with E-state index in [2.05, 4.69) is 6.92 Å². The molecule has 0 radical (unpaired) electrons. The van der Waals surface area contributed by atoms with Gasteiger partial charge in [0.05, 0.1) is 36.6 Å². The average molecular weight is 483 g/mol. The normalized spacial score (nSPS) is 51.4. The van der Waals surface area contributed by atoms with Gasteiger partial charge >= 0.3 is 0 Å². The Morgan fingerprint density at radius 1 is 0.912 bits per heavy atom. The second kappa shape index (κ2) is 9.07. The summed E-state index contributed by atoms with van der Waals surface area (Å²) in [7, 11) is 0. The van der Waals surface area contributed by atoms with Gasteiger partial charge in [-0.15, -0.1) is 0 Å². The lowest BCUT2D eigenvalue weighted by molar-refractivity contribution is -0.250. The molecular formula is C27H46O7. The number of hydrogen-bond donors (Lipinski definition) is 6. The van der Waals surface area contributed by atoms with Crippen molar-refractivity contribution in [3.8, 4) is 0 Å². The number of Topliss-reactive ketones (excluding diaryl/α,β-unsaturated/α-hetero) is 1. The molecular weight excluding hydrogens is 436 g/mol. The van der Waals surface area contributed by atoms with Crippen LogP contribution in [0.3, 0.4) is 0 Å². The van der Waals surface area contributed by atoms with Crippen LogP contribution in [0.4, 0.5) is 0 Å². The predicted octanol–water partition coefficient (Wildman–Crippen LogP) is 1.50. The number of aliphatic hydroxyl groups excluding tert-OH is 6. The van der Waals surface area contributed by atoms with E-state index in [1.54, 1.807) is 0 Å². The Morgan fingerprint density at radius 2 is 1.53 bits per heavy atom. The van der Waals surface area contributed by atoms with Crippen molar-refractivity contribution in [3.05, 3.63) is 0 Å². The van der Waals surface area contributed by atoms with Crippen molar-refractivity contribution in [2.75, 3.05) is 0 Å². The van der Waals surface area contributed by atoms with Crippen molar-refractivity contribution >= 4 is 5.78 Å². The zero-order chi connectivity index (χ0) is 25.3. The minimum atomic E-state index is -1.21. The van der Waals surface area contributed by atoms with Crippen molar-refractivity contribution in [3.63, 3.8) is 0 Å². The van der Waals surface area contributed by atoms with Crippen molar-refractivity contribution < 1.29 is 35.4 Å². The molecule has 7 nitrogen and oxygen atoms in total. The Morgan fingerprint density at radius 3 is 2.15 bits per heavy atom. The van der Waals surface area contributed by atoms with Gasteiger partial charge in [-0.3, -0.25) is 4.79 Å². The first kappa shape index (κ1) is 26.5. The van der Waals surface area contributed by atoms with Crippen molar-refractivity contribution in [2.45, 2.75) is 110 Å². The van der Waals surface area contributed by atoms with Crippen molar-refractivity contribution in [1.29, 1.82) is 0 Å². The molecule has 4 rings (SSSR count). The summed E-state index contributed by atoms with van der Waals surface area (Å²) in [5.41, 5.74) is -0.910. The summed E-state index contributed by atoms with van der Waals surface area (Å²) in [6, 6.07) is 0. The van der Waals surface area contributed by atoms with E-state index in [9.17, 15) is 35.4 Å². The summed E-state index contributed by atoms with van der Waals surface area (Å²) in [6.07, 6.45) is -2.73. The average Bonchev–Trinajstić information content (AvgIpc) is 3.03. The fourth-order valence-electron chi connectivity index (χ4n) is 9.15. The van der Waals surface area contributed by atoms with Crippen LogP contribution in [0, 0.1) is 52.3 Å². The Bertz CT molecular complexity index is 772. The molecule has 0 aliphatic heterocycles. The second-order valence-electron chi connectivity index (χ2n) is 13.1. The lowest BCUT2D eigenvalue weighted by Crippen LogP contribution is -2.68. The van der Waals surface area contributed by atoms with Crippen LogP contribution in [0.1, 0.15) is 73.1 Å². The van der Waals surface area contributed by atoms with Gasteiger partial charge in [0, 0.05) is 24.2 Å². The molecule has 4 fully saturated rings. The van der Waals surface area contributed by atoms with E-state index in [1.165, 1.54) is 0 Å². The van der Waals surface area contributed by atoms with E-state index in [0.29, 0.717) is 25.7 Å². The van der Waals surface area contributed by atoms with Crippen LogP contribution < -0.4 is 0 Å². The monoisotopic (exact) mass is 482 g/mol. The standard InChI is InChI=1S/C27H46O7/c1-12(2)10-18(30)22(31)13(3)15-11-17(29)20-19-14(6-8-27(15,20)5)26(4)9-7-16(28)23(32)21(26)25(34)24(19)33/h12-16,18-25,28,30-34H,6-11H2,1-5H3. The van der Waals surface area contributed by atoms with E-state index < -0.39 is 65.2 Å². The summed E-state index contributed by atoms with van der Waals surface area (Å²) in [4.78, 5) is 13.6. The molecule has 0 heterocycles. The highest BCUT2D eigenvalue weighted by Gasteiger charge is 2.69. The highest BCUT2D eigenvalue weighted by molar-refractivity contribution is 5.85. The molecule has 0 saturated heterocycles. The van der Waals surface area contributed by atoms with E-state index in [-0.39, 0.29) is 29.5 Å². The molecule has 0 aromatic carbocycles.